The second-order valence-corrected chi connectivity index (χ2v) is 7.63. The molecule has 0 spiro atoms. The fourth-order valence-corrected chi connectivity index (χ4v) is 4.03. The lowest BCUT2D eigenvalue weighted by Crippen LogP contribution is -2.30. The Hall–Kier alpha value is -2.22. The fourth-order valence-electron chi connectivity index (χ4n) is 3.22. The molecule has 0 aromatic heterocycles. The van der Waals surface area contributed by atoms with E-state index in [1.807, 2.05) is 17.0 Å². The lowest BCUT2D eigenvalue weighted by Gasteiger charge is -2.25. The number of rotatable bonds is 5. The zero-order valence-corrected chi connectivity index (χ0v) is 14.9. The molecule has 6 nitrogen and oxygen atoms in total. The first kappa shape index (κ1) is 17.6. The van der Waals surface area contributed by atoms with Crippen LogP contribution in [0.5, 0.6) is 0 Å². The minimum absolute atomic E-state index is 0.0414. The monoisotopic (exact) mass is 360 g/mol. The van der Waals surface area contributed by atoms with Gasteiger partial charge in [0.1, 0.15) is 0 Å². The number of fused-ring (bicyclic) bond motifs is 1. The maximum atomic E-state index is 12.8. The summed E-state index contributed by atoms with van der Waals surface area (Å²) in [6, 6.07) is 14.0. The van der Waals surface area contributed by atoms with E-state index >= 15 is 0 Å². The molecule has 1 aliphatic carbocycles. The van der Waals surface area contributed by atoms with Crippen LogP contribution in [-0.2, 0) is 21.3 Å². The molecule has 1 amide bonds. The maximum absolute atomic E-state index is 12.8. The molecule has 3 rings (SSSR count). The minimum Gasteiger partial charge on any atom is -0.335 e. The molecular formula is C18H20N2O4S. The largest absolute Gasteiger partial charge is 0.335 e. The topological polar surface area (TPSA) is 75.7 Å². The number of hydrogen-bond acceptors (Lipinski definition) is 4. The van der Waals surface area contributed by atoms with Gasteiger partial charge in [0.15, 0.2) is 0 Å². The molecular weight excluding hydrogens is 340 g/mol. The number of amides is 1. The average Bonchev–Trinajstić information content (AvgIpc) is 3.04. The smallest absolute Gasteiger partial charge is 0.262 e. The predicted molar refractivity (Wildman–Crippen MR) is 93.4 cm³/mol. The van der Waals surface area contributed by atoms with Crippen LogP contribution in [0.2, 0.25) is 0 Å². The summed E-state index contributed by atoms with van der Waals surface area (Å²) in [5.74, 6) is -0.134. The van der Waals surface area contributed by atoms with Crippen LogP contribution in [-0.4, -0.2) is 33.4 Å². The number of hydrogen-bond donors (Lipinski definition) is 1. The Balaban J connectivity index is 1.80. The van der Waals surface area contributed by atoms with Crippen molar-refractivity contribution in [3.63, 3.8) is 0 Å². The van der Waals surface area contributed by atoms with Crippen LogP contribution in [0, 0.1) is 0 Å². The van der Waals surface area contributed by atoms with Crippen LogP contribution < -0.4 is 4.89 Å². The third kappa shape index (κ3) is 3.44. The molecule has 132 valence electrons. The quantitative estimate of drug-likeness (QED) is 0.830. The summed E-state index contributed by atoms with van der Waals surface area (Å²) < 4.78 is 23.7. The Morgan fingerprint density at radius 3 is 2.52 bits per heavy atom. The van der Waals surface area contributed by atoms with Crippen molar-refractivity contribution >= 4 is 15.9 Å². The summed E-state index contributed by atoms with van der Waals surface area (Å²) in [7, 11) is -0.716. The second-order valence-electron chi connectivity index (χ2n) is 5.98. The van der Waals surface area contributed by atoms with E-state index in [-0.39, 0.29) is 16.8 Å². The minimum atomic E-state index is -3.73. The molecule has 0 aliphatic heterocycles. The zero-order chi connectivity index (χ0) is 18.0. The number of nitrogens with one attached hydrogen (secondary N) is 1. The van der Waals surface area contributed by atoms with Crippen LogP contribution in [0.25, 0.3) is 0 Å². The van der Waals surface area contributed by atoms with Gasteiger partial charge in [-0.05, 0) is 48.2 Å². The van der Waals surface area contributed by atoms with Gasteiger partial charge in [-0.25, -0.2) is 8.42 Å². The van der Waals surface area contributed by atoms with Gasteiger partial charge in [0.05, 0.1) is 18.0 Å². The van der Waals surface area contributed by atoms with E-state index < -0.39 is 10.0 Å². The lowest BCUT2D eigenvalue weighted by atomic mass is 10.1. The van der Waals surface area contributed by atoms with E-state index in [1.54, 1.807) is 11.9 Å². The highest BCUT2D eigenvalue weighted by atomic mass is 32.2. The average molecular weight is 360 g/mol. The summed E-state index contributed by atoms with van der Waals surface area (Å²) in [6.07, 6.45) is 1.85. The van der Waals surface area contributed by atoms with Gasteiger partial charge >= 0.3 is 0 Å². The van der Waals surface area contributed by atoms with Crippen molar-refractivity contribution in [3.05, 3.63) is 65.2 Å². The van der Waals surface area contributed by atoms with Crippen molar-refractivity contribution in [2.45, 2.75) is 23.8 Å². The Morgan fingerprint density at radius 1 is 1.16 bits per heavy atom. The third-order valence-corrected chi connectivity index (χ3v) is 5.77. The molecule has 2 aromatic carbocycles. The van der Waals surface area contributed by atoms with Crippen molar-refractivity contribution in [2.75, 3.05) is 14.2 Å². The standard InChI is InChI=1S/C18H20N2O4S/c1-20(17-12-9-13-5-3-4-6-16(13)17)18(21)14-7-10-15(11-8-14)25(22,23)19-24-2/h3-8,10-11,17,19H,9,12H2,1-2H3. The molecule has 1 N–H and O–H groups in total. The van der Waals surface area contributed by atoms with Crippen molar-refractivity contribution in [3.8, 4) is 0 Å². The number of benzene rings is 2. The van der Waals surface area contributed by atoms with Gasteiger partial charge in [0.25, 0.3) is 15.9 Å². The van der Waals surface area contributed by atoms with Crippen molar-refractivity contribution < 1.29 is 18.0 Å². The molecule has 25 heavy (non-hydrogen) atoms. The Bertz CT molecular complexity index is 878. The fraction of sp³-hybridized carbons (Fsp3) is 0.278. The predicted octanol–water partition coefficient (Wildman–Crippen LogP) is 2.29. The Morgan fingerprint density at radius 2 is 1.84 bits per heavy atom. The van der Waals surface area contributed by atoms with E-state index in [1.165, 1.54) is 42.5 Å². The van der Waals surface area contributed by atoms with Gasteiger partial charge in [-0.1, -0.05) is 29.2 Å². The van der Waals surface area contributed by atoms with E-state index in [2.05, 4.69) is 17.0 Å². The van der Waals surface area contributed by atoms with E-state index in [4.69, 9.17) is 0 Å². The molecule has 0 saturated carbocycles. The van der Waals surface area contributed by atoms with Crippen molar-refractivity contribution in [1.29, 1.82) is 0 Å². The van der Waals surface area contributed by atoms with Crippen molar-refractivity contribution in [2.24, 2.45) is 0 Å². The molecule has 0 heterocycles. The van der Waals surface area contributed by atoms with E-state index in [0.29, 0.717) is 5.56 Å². The number of carbonyl (C=O) groups excluding carboxylic acids is 1. The number of carbonyl (C=O) groups is 1. The lowest BCUT2D eigenvalue weighted by molar-refractivity contribution is 0.0730. The molecule has 0 bridgehead atoms. The second kappa shape index (κ2) is 6.95. The highest BCUT2D eigenvalue weighted by Crippen LogP contribution is 2.35. The van der Waals surface area contributed by atoms with Crippen LogP contribution in [0.3, 0.4) is 0 Å². The van der Waals surface area contributed by atoms with E-state index in [9.17, 15) is 13.2 Å². The van der Waals surface area contributed by atoms with Crippen LogP contribution in [0.15, 0.2) is 53.4 Å². The van der Waals surface area contributed by atoms with Crippen LogP contribution in [0.4, 0.5) is 0 Å². The Labute approximate surface area is 147 Å². The van der Waals surface area contributed by atoms with Gasteiger partial charge in [0.2, 0.25) is 0 Å². The van der Waals surface area contributed by atoms with Crippen molar-refractivity contribution in [1.82, 2.24) is 9.79 Å². The maximum Gasteiger partial charge on any atom is 0.262 e. The molecule has 0 saturated heterocycles. The Kier molecular flexibility index (Phi) is 4.89. The highest BCUT2D eigenvalue weighted by Gasteiger charge is 2.29. The molecule has 0 fully saturated rings. The van der Waals surface area contributed by atoms with Crippen LogP contribution >= 0.6 is 0 Å². The summed E-state index contributed by atoms with van der Waals surface area (Å²) in [5.41, 5.74) is 2.91. The van der Waals surface area contributed by atoms with Crippen LogP contribution in [0.1, 0.15) is 33.9 Å². The summed E-state index contributed by atoms with van der Waals surface area (Å²) >= 11 is 0. The molecule has 1 aliphatic rings. The van der Waals surface area contributed by atoms with E-state index in [0.717, 1.165) is 12.8 Å². The first-order valence-corrected chi connectivity index (χ1v) is 9.42. The van der Waals surface area contributed by atoms with Gasteiger partial charge in [-0.15, -0.1) is 0 Å². The summed E-state index contributed by atoms with van der Waals surface area (Å²) in [5, 5.41) is 0. The summed E-state index contributed by atoms with van der Waals surface area (Å²) in [4.78, 5) is 20.9. The first-order chi connectivity index (χ1) is 11.9. The molecule has 1 unspecified atom stereocenters. The summed E-state index contributed by atoms with van der Waals surface area (Å²) in [6.45, 7) is 0. The molecule has 0 radical (unpaired) electrons. The molecule has 1 atom stereocenters. The normalized spacial score (nSPS) is 16.5. The number of aryl methyl sites for hydroxylation is 1. The first-order valence-electron chi connectivity index (χ1n) is 7.94. The zero-order valence-electron chi connectivity index (χ0n) is 14.1. The number of nitrogens with zero attached hydrogens (tertiary/aromatic N) is 1. The van der Waals surface area contributed by atoms with Gasteiger partial charge in [0, 0.05) is 12.6 Å². The third-order valence-electron chi connectivity index (χ3n) is 4.49. The van der Waals surface area contributed by atoms with Gasteiger partial charge in [-0.2, -0.15) is 0 Å². The molecule has 2 aromatic rings. The SMILES string of the molecule is CONS(=O)(=O)c1ccc(C(=O)N(C)C2CCc3ccccc32)cc1. The molecule has 7 heteroatoms. The van der Waals surface area contributed by atoms with Gasteiger partial charge < -0.3 is 4.90 Å². The highest BCUT2D eigenvalue weighted by molar-refractivity contribution is 7.89. The number of sulfonamides is 1. The van der Waals surface area contributed by atoms with Gasteiger partial charge in [-0.3, -0.25) is 9.63 Å².